The molecule has 2 heterocycles. The Kier molecular flexibility index (Phi) is 6.30. The molecule has 9 heteroatoms. The molecule has 2 aliphatic rings. The number of esters is 2. The molecule has 1 unspecified atom stereocenters. The van der Waals surface area contributed by atoms with Gasteiger partial charge in [-0.1, -0.05) is 24.3 Å². The number of fused-ring (bicyclic) bond motifs is 1. The van der Waals surface area contributed by atoms with Crippen molar-refractivity contribution in [1.82, 2.24) is 0 Å². The highest BCUT2D eigenvalue weighted by molar-refractivity contribution is 7.92. The zero-order chi connectivity index (χ0) is 24.5. The summed E-state index contributed by atoms with van der Waals surface area (Å²) in [4.78, 5) is 26.5. The fourth-order valence-corrected chi connectivity index (χ4v) is 5.85. The number of para-hydroxylation sites is 1. The van der Waals surface area contributed by atoms with Crippen LogP contribution in [0.3, 0.4) is 0 Å². The van der Waals surface area contributed by atoms with Crippen LogP contribution in [0.25, 0.3) is 0 Å². The van der Waals surface area contributed by atoms with Gasteiger partial charge in [-0.2, -0.15) is 0 Å². The molecule has 0 N–H and O–H groups in total. The Balaban J connectivity index is 1.73. The van der Waals surface area contributed by atoms with Crippen LogP contribution in [-0.2, 0) is 35.5 Å². The highest BCUT2D eigenvalue weighted by Crippen LogP contribution is 2.37. The highest BCUT2D eigenvalue weighted by atomic mass is 32.2. The smallest absolute Gasteiger partial charge is 0.355 e. The van der Waals surface area contributed by atoms with Crippen molar-refractivity contribution in [3.05, 3.63) is 89.8 Å². The molecule has 0 saturated heterocycles. The van der Waals surface area contributed by atoms with Crippen LogP contribution in [0, 0.1) is 0 Å². The topological polar surface area (TPSA) is 93.2 Å². The lowest BCUT2D eigenvalue weighted by molar-refractivity contribution is -0.139. The predicted molar refractivity (Wildman–Crippen MR) is 128 cm³/mol. The van der Waals surface area contributed by atoms with Crippen LogP contribution < -0.4 is 9.21 Å². The third-order valence-corrected chi connectivity index (χ3v) is 7.65. The number of ether oxygens (including phenoxy) is 2. The van der Waals surface area contributed by atoms with Gasteiger partial charge in [0.05, 0.1) is 30.4 Å². The summed E-state index contributed by atoms with van der Waals surface area (Å²) in [5.41, 5.74) is 2.10. The number of sulfonamides is 1. The molecule has 0 spiro atoms. The van der Waals surface area contributed by atoms with Gasteiger partial charge in [0.2, 0.25) is 0 Å². The molecule has 34 heavy (non-hydrogen) atoms. The molecule has 1 atom stereocenters. The van der Waals surface area contributed by atoms with Crippen LogP contribution in [0.5, 0.6) is 0 Å². The van der Waals surface area contributed by atoms with Gasteiger partial charge in [0, 0.05) is 17.9 Å². The Morgan fingerprint density at radius 2 is 1.62 bits per heavy atom. The summed E-state index contributed by atoms with van der Waals surface area (Å²) in [5.74, 6) is -1.44. The maximum atomic E-state index is 13.5. The van der Waals surface area contributed by atoms with Crippen LogP contribution >= 0.6 is 0 Å². The van der Waals surface area contributed by atoms with Gasteiger partial charge >= 0.3 is 11.9 Å². The van der Waals surface area contributed by atoms with E-state index in [1.807, 2.05) is 31.2 Å². The Bertz CT molecular complexity index is 1330. The van der Waals surface area contributed by atoms with Crippen molar-refractivity contribution in [3.63, 3.8) is 0 Å². The van der Waals surface area contributed by atoms with E-state index in [0.29, 0.717) is 17.8 Å². The minimum Gasteiger partial charge on any atom is -0.465 e. The minimum absolute atomic E-state index is 0.0125. The average molecular weight is 481 g/mol. The van der Waals surface area contributed by atoms with E-state index in [1.165, 1.54) is 41.6 Å². The zero-order valence-corrected chi connectivity index (χ0v) is 19.8. The summed E-state index contributed by atoms with van der Waals surface area (Å²) in [7, 11) is -1.38. The monoisotopic (exact) mass is 480 g/mol. The van der Waals surface area contributed by atoms with Crippen molar-refractivity contribution in [2.45, 2.75) is 24.3 Å². The number of hydrogen-bond acceptors (Lipinski definition) is 7. The van der Waals surface area contributed by atoms with Gasteiger partial charge in [-0.05, 0) is 61.4 Å². The van der Waals surface area contributed by atoms with E-state index in [1.54, 1.807) is 30.5 Å². The van der Waals surface area contributed by atoms with Crippen LogP contribution in [0.1, 0.15) is 12.5 Å². The second-order valence-electron chi connectivity index (χ2n) is 7.79. The second kappa shape index (κ2) is 9.18. The molecule has 0 saturated carbocycles. The lowest BCUT2D eigenvalue weighted by Gasteiger charge is -2.26. The molecule has 8 nitrogen and oxygen atoms in total. The highest BCUT2D eigenvalue weighted by Gasteiger charge is 2.36. The van der Waals surface area contributed by atoms with Crippen LogP contribution in [0.15, 0.2) is 89.1 Å². The van der Waals surface area contributed by atoms with Crippen LogP contribution in [0.4, 0.5) is 11.4 Å². The standard InChI is InChI=1S/C25H24N2O6S/c1-17-16-18-8-4-5-10-22(18)27(17)34(30,31)20-13-11-19(12-14-20)26-15-7-6-9-21(24(28)32-2)23(26)25(29)33-3/h4-15,17H,16H2,1-3H3. The lowest BCUT2D eigenvalue weighted by Crippen LogP contribution is -2.35. The van der Waals surface area contributed by atoms with Gasteiger partial charge in [-0.15, -0.1) is 0 Å². The number of methoxy groups -OCH3 is 2. The van der Waals surface area contributed by atoms with E-state index in [9.17, 15) is 18.0 Å². The number of allylic oxidation sites excluding steroid dienone is 2. The SMILES string of the molecule is COC(=O)C1=C(C(=O)OC)N(c2ccc(S(=O)(=O)N3c4ccccc4CC3C)cc2)C=CC=C1. The normalized spacial score (nSPS) is 17.4. The largest absolute Gasteiger partial charge is 0.465 e. The van der Waals surface area contributed by atoms with E-state index in [4.69, 9.17) is 9.47 Å². The fourth-order valence-electron chi connectivity index (χ4n) is 4.16. The molecule has 0 radical (unpaired) electrons. The van der Waals surface area contributed by atoms with Crippen LogP contribution in [-0.4, -0.2) is 40.6 Å². The predicted octanol–water partition coefficient (Wildman–Crippen LogP) is 3.32. The maximum Gasteiger partial charge on any atom is 0.355 e. The van der Waals surface area contributed by atoms with Gasteiger partial charge in [0.25, 0.3) is 10.0 Å². The van der Waals surface area contributed by atoms with E-state index >= 15 is 0 Å². The number of carbonyl (C=O) groups is 2. The first kappa shape index (κ1) is 23.3. The third kappa shape index (κ3) is 3.99. The molecule has 0 aliphatic carbocycles. The van der Waals surface area contributed by atoms with Crippen LogP contribution in [0.2, 0.25) is 0 Å². The number of carbonyl (C=O) groups excluding carboxylic acids is 2. The van der Waals surface area contributed by atoms with E-state index in [-0.39, 0.29) is 22.2 Å². The van der Waals surface area contributed by atoms with Crippen molar-refractivity contribution in [2.24, 2.45) is 0 Å². The molecule has 2 aromatic carbocycles. The maximum absolute atomic E-state index is 13.5. The molecule has 2 aromatic rings. The summed E-state index contributed by atoms with van der Waals surface area (Å²) in [6.45, 7) is 1.88. The first-order chi connectivity index (χ1) is 16.3. The Morgan fingerprint density at radius 1 is 0.941 bits per heavy atom. The lowest BCUT2D eigenvalue weighted by atomic mass is 10.1. The number of nitrogens with zero attached hydrogens (tertiary/aromatic N) is 2. The number of benzene rings is 2. The van der Waals surface area contributed by atoms with Crippen molar-refractivity contribution >= 4 is 33.3 Å². The molecular formula is C25H24N2O6S. The summed E-state index contributed by atoms with van der Waals surface area (Å²) in [6.07, 6.45) is 6.93. The molecular weight excluding hydrogens is 456 g/mol. The summed E-state index contributed by atoms with van der Waals surface area (Å²) >= 11 is 0. The average Bonchev–Trinajstić information content (AvgIpc) is 3.04. The minimum atomic E-state index is -3.81. The number of anilines is 2. The molecule has 2 aliphatic heterocycles. The third-order valence-electron chi connectivity index (χ3n) is 5.71. The van der Waals surface area contributed by atoms with Gasteiger partial charge in [0.1, 0.15) is 5.70 Å². The van der Waals surface area contributed by atoms with Crippen molar-refractivity contribution in [3.8, 4) is 0 Å². The quantitative estimate of drug-likeness (QED) is 0.606. The van der Waals surface area contributed by atoms with Crippen molar-refractivity contribution in [2.75, 3.05) is 23.4 Å². The second-order valence-corrected chi connectivity index (χ2v) is 9.61. The molecule has 0 aromatic heterocycles. The Hall–Kier alpha value is -3.85. The van der Waals surface area contributed by atoms with Gasteiger partial charge in [-0.3, -0.25) is 4.31 Å². The van der Waals surface area contributed by atoms with E-state index in [0.717, 1.165) is 5.56 Å². The summed E-state index contributed by atoms with van der Waals surface area (Å²) in [6, 6.07) is 13.4. The van der Waals surface area contributed by atoms with Gasteiger partial charge in [-0.25, -0.2) is 18.0 Å². The van der Waals surface area contributed by atoms with Crippen molar-refractivity contribution in [1.29, 1.82) is 0 Å². The number of rotatable bonds is 5. The number of hydrogen-bond donors (Lipinski definition) is 0. The molecule has 4 rings (SSSR count). The Labute approximate surface area is 198 Å². The molecule has 0 amide bonds. The first-order valence-electron chi connectivity index (χ1n) is 10.6. The van der Waals surface area contributed by atoms with Crippen molar-refractivity contribution < 1.29 is 27.5 Å². The van der Waals surface area contributed by atoms with E-state index < -0.39 is 22.0 Å². The molecule has 176 valence electrons. The fraction of sp³-hybridized carbons (Fsp3) is 0.200. The summed E-state index contributed by atoms with van der Waals surface area (Å²) < 4.78 is 38.1. The van der Waals surface area contributed by atoms with Gasteiger partial charge in [0.15, 0.2) is 0 Å². The Morgan fingerprint density at radius 3 is 2.29 bits per heavy atom. The zero-order valence-electron chi connectivity index (χ0n) is 19.0. The first-order valence-corrected chi connectivity index (χ1v) is 12.0. The molecule has 0 bridgehead atoms. The molecule has 0 fully saturated rings. The summed E-state index contributed by atoms with van der Waals surface area (Å²) in [5, 5.41) is 0. The van der Waals surface area contributed by atoms with Gasteiger partial charge < -0.3 is 14.4 Å². The van der Waals surface area contributed by atoms with E-state index in [2.05, 4.69) is 0 Å².